The van der Waals surface area contributed by atoms with Gasteiger partial charge in [-0.1, -0.05) is 18.1 Å². The van der Waals surface area contributed by atoms with E-state index >= 15 is 0 Å². The molecule has 0 unspecified atom stereocenters. The van der Waals surface area contributed by atoms with E-state index in [0.717, 1.165) is 57.3 Å². The average Bonchev–Trinajstić information content (AvgIpc) is 2.99. The summed E-state index contributed by atoms with van der Waals surface area (Å²) in [6.45, 7) is 1.31. The highest BCUT2D eigenvalue weighted by Gasteiger charge is 2.14. The van der Waals surface area contributed by atoms with Crippen molar-refractivity contribution < 1.29 is 9.53 Å². The molecule has 2 aliphatic rings. The zero-order valence-corrected chi connectivity index (χ0v) is 16.9. The van der Waals surface area contributed by atoms with Crippen LogP contribution in [0.25, 0.3) is 10.9 Å². The largest absolute Gasteiger partial charge is 0.484 e. The molecule has 0 fully saturated rings. The predicted molar refractivity (Wildman–Crippen MR) is 113 cm³/mol. The minimum Gasteiger partial charge on any atom is -0.484 e. The lowest BCUT2D eigenvalue weighted by Crippen LogP contribution is -2.30. The Morgan fingerprint density at radius 1 is 1.14 bits per heavy atom. The summed E-state index contributed by atoms with van der Waals surface area (Å²) in [7, 11) is 0. The number of amides is 1. The fraction of sp³-hybridized carbons (Fsp3) is 0.522. The van der Waals surface area contributed by atoms with Crippen molar-refractivity contribution in [3.8, 4) is 5.75 Å². The highest BCUT2D eigenvalue weighted by molar-refractivity contribution is 5.80. The van der Waals surface area contributed by atoms with Gasteiger partial charge in [-0.3, -0.25) is 14.2 Å². The quantitative estimate of drug-likeness (QED) is 0.760. The number of hydrogen-bond acceptors (Lipinski definition) is 4. The molecule has 1 N–H and O–H groups in total. The summed E-state index contributed by atoms with van der Waals surface area (Å²) in [6.07, 6.45) is 12.1. The summed E-state index contributed by atoms with van der Waals surface area (Å²) in [5.74, 6) is 1.26. The van der Waals surface area contributed by atoms with Crippen molar-refractivity contribution in [2.75, 3.05) is 13.2 Å². The molecule has 0 atom stereocenters. The monoisotopic (exact) mass is 395 g/mol. The van der Waals surface area contributed by atoms with Gasteiger partial charge < -0.3 is 10.1 Å². The van der Waals surface area contributed by atoms with E-state index in [4.69, 9.17) is 4.74 Å². The Balaban J connectivity index is 1.37. The van der Waals surface area contributed by atoms with Crippen molar-refractivity contribution in [2.24, 2.45) is 0 Å². The van der Waals surface area contributed by atoms with Gasteiger partial charge in [-0.2, -0.15) is 0 Å². The fourth-order valence-electron chi connectivity index (χ4n) is 4.18. The molecule has 29 heavy (non-hydrogen) atoms. The zero-order valence-electron chi connectivity index (χ0n) is 16.9. The lowest BCUT2D eigenvalue weighted by atomic mass is 9.97. The third kappa shape index (κ3) is 4.86. The average molecular weight is 396 g/mol. The molecular formula is C23H29N3O3. The summed E-state index contributed by atoms with van der Waals surface area (Å²) in [5.41, 5.74) is 2.13. The number of nitrogens with zero attached hydrogens (tertiary/aromatic N) is 2. The molecule has 1 aromatic carbocycles. The Bertz CT molecular complexity index is 977. The summed E-state index contributed by atoms with van der Waals surface area (Å²) in [6, 6.07) is 5.30. The molecule has 0 saturated carbocycles. The van der Waals surface area contributed by atoms with Crippen molar-refractivity contribution in [1.29, 1.82) is 0 Å². The number of allylic oxidation sites excluding steroid dienone is 1. The molecule has 0 bridgehead atoms. The number of benzene rings is 1. The first-order chi connectivity index (χ1) is 14.2. The second-order valence-corrected chi connectivity index (χ2v) is 7.97. The highest BCUT2D eigenvalue weighted by Crippen LogP contribution is 2.20. The third-order valence-corrected chi connectivity index (χ3v) is 5.81. The molecule has 1 aliphatic heterocycles. The van der Waals surface area contributed by atoms with Gasteiger partial charge in [0.25, 0.3) is 11.5 Å². The van der Waals surface area contributed by atoms with Crippen LogP contribution in [0.2, 0.25) is 0 Å². The van der Waals surface area contributed by atoms with Crippen LogP contribution in [0.5, 0.6) is 5.75 Å². The molecular weight excluding hydrogens is 366 g/mol. The number of fused-ring (bicyclic) bond motifs is 2. The van der Waals surface area contributed by atoms with Gasteiger partial charge in [0.1, 0.15) is 11.6 Å². The van der Waals surface area contributed by atoms with Gasteiger partial charge in [0.05, 0.1) is 10.9 Å². The topological polar surface area (TPSA) is 73.2 Å². The summed E-state index contributed by atoms with van der Waals surface area (Å²) < 4.78 is 7.44. The SMILES string of the molecule is O=C(COc1ccc2nc3n(c(=O)c2c1)CCCCC3)NCCC1=CCCCC1. The van der Waals surface area contributed by atoms with E-state index in [1.807, 2.05) is 6.07 Å². The molecule has 2 heterocycles. The van der Waals surface area contributed by atoms with Gasteiger partial charge in [-0.15, -0.1) is 0 Å². The molecule has 6 heteroatoms. The molecule has 154 valence electrons. The number of nitrogens with one attached hydrogen (secondary N) is 1. The standard InChI is InChI=1S/C23H29N3O3/c27-22(24-13-12-17-7-3-1-4-8-17)16-29-18-10-11-20-19(15-18)23(28)26-14-6-2-5-9-21(26)25-20/h7,10-11,15H,1-6,8-9,12-14,16H2,(H,24,27). The van der Waals surface area contributed by atoms with Gasteiger partial charge >= 0.3 is 0 Å². The van der Waals surface area contributed by atoms with Gasteiger partial charge in [-0.05, 0) is 63.1 Å². The Morgan fingerprint density at radius 3 is 2.90 bits per heavy atom. The molecule has 1 aromatic heterocycles. The van der Waals surface area contributed by atoms with Gasteiger partial charge in [0.2, 0.25) is 0 Å². The zero-order chi connectivity index (χ0) is 20.1. The first-order valence-corrected chi connectivity index (χ1v) is 10.8. The lowest BCUT2D eigenvalue weighted by molar-refractivity contribution is -0.123. The second-order valence-electron chi connectivity index (χ2n) is 7.97. The van der Waals surface area contributed by atoms with Crippen molar-refractivity contribution in [3.63, 3.8) is 0 Å². The van der Waals surface area contributed by atoms with E-state index in [2.05, 4.69) is 16.4 Å². The Kier molecular flexibility index (Phi) is 6.27. The van der Waals surface area contributed by atoms with Crippen LogP contribution in [0.3, 0.4) is 0 Å². The Labute approximate surface area is 171 Å². The third-order valence-electron chi connectivity index (χ3n) is 5.81. The van der Waals surface area contributed by atoms with Gasteiger partial charge in [-0.25, -0.2) is 4.98 Å². The van der Waals surface area contributed by atoms with E-state index in [0.29, 0.717) is 23.2 Å². The van der Waals surface area contributed by atoms with Crippen molar-refractivity contribution in [2.45, 2.75) is 64.3 Å². The van der Waals surface area contributed by atoms with Gasteiger partial charge in [0.15, 0.2) is 6.61 Å². The highest BCUT2D eigenvalue weighted by atomic mass is 16.5. The van der Waals surface area contributed by atoms with Crippen LogP contribution in [-0.2, 0) is 17.8 Å². The molecule has 1 aliphatic carbocycles. The maximum absolute atomic E-state index is 12.9. The minimum atomic E-state index is -0.140. The van der Waals surface area contributed by atoms with E-state index in [-0.39, 0.29) is 18.1 Å². The van der Waals surface area contributed by atoms with Crippen molar-refractivity contribution in [1.82, 2.24) is 14.9 Å². The van der Waals surface area contributed by atoms with Crippen molar-refractivity contribution >= 4 is 16.8 Å². The Morgan fingerprint density at radius 2 is 2.03 bits per heavy atom. The van der Waals surface area contributed by atoms with Crippen molar-refractivity contribution in [3.05, 3.63) is 46.0 Å². The van der Waals surface area contributed by atoms with Crippen LogP contribution < -0.4 is 15.6 Å². The Hall–Kier alpha value is -2.63. The molecule has 1 amide bonds. The number of carbonyl (C=O) groups is 1. The van der Waals surface area contributed by atoms with E-state index in [1.165, 1.54) is 18.4 Å². The van der Waals surface area contributed by atoms with Crippen LogP contribution in [0.1, 0.15) is 57.2 Å². The first-order valence-electron chi connectivity index (χ1n) is 10.8. The number of carbonyl (C=O) groups excluding carboxylic acids is 1. The summed E-state index contributed by atoms with van der Waals surface area (Å²) >= 11 is 0. The predicted octanol–water partition coefficient (Wildman–Crippen LogP) is 3.51. The van der Waals surface area contributed by atoms with Gasteiger partial charge in [0, 0.05) is 19.5 Å². The number of aromatic nitrogens is 2. The summed E-state index contributed by atoms with van der Waals surface area (Å²) in [4.78, 5) is 29.7. The molecule has 0 radical (unpaired) electrons. The number of hydrogen-bond donors (Lipinski definition) is 1. The molecule has 0 spiro atoms. The molecule has 2 aromatic rings. The van der Waals surface area contributed by atoms with Crippen LogP contribution in [-0.4, -0.2) is 28.6 Å². The van der Waals surface area contributed by atoms with E-state index in [1.54, 1.807) is 16.7 Å². The normalized spacial score (nSPS) is 16.6. The first kappa shape index (κ1) is 19.7. The smallest absolute Gasteiger partial charge is 0.261 e. The maximum Gasteiger partial charge on any atom is 0.261 e. The molecule has 6 nitrogen and oxygen atoms in total. The summed E-state index contributed by atoms with van der Waals surface area (Å²) in [5, 5.41) is 3.47. The van der Waals surface area contributed by atoms with Crippen LogP contribution in [0.4, 0.5) is 0 Å². The van der Waals surface area contributed by atoms with Crippen LogP contribution >= 0.6 is 0 Å². The van der Waals surface area contributed by atoms with E-state index in [9.17, 15) is 9.59 Å². The number of ether oxygens (including phenoxy) is 1. The maximum atomic E-state index is 12.9. The lowest BCUT2D eigenvalue weighted by Gasteiger charge is -2.13. The number of aryl methyl sites for hydroxylation is 1. The van der Waals surface area contributed by atoms with Crippen LogP contribution in [0.15, 0.2) is 34.6 Å². The fourth-order valence-corrected chi connectivity index (χ4v) is 4.18. The number of rotatable bonds is 6. The molecule has 0 saturated heterocycles. The second kappa shape index (κ2) is 9.25. The van der Waals surface area contributed by atoms with E-state index < -0.39 is 0 Å². The minimum absolute atomic E-state index is 0.0115. The van der Waals surface area contributed by atoms with Crippen LogP contribution in [0, 0.1) is 0 Å². The molecule has 4 rings (SSSR count).